The van der Waals surface area contributed by atoms with Gasteiger partial charge in [0.05, 0.1) is 23.2 Å². The summed E-state index contributed by atoms with van der Waals surface area (Å²) < 4.78 is 12.8. The topological polar surface area (TPSA) is 51.7 Å². The van der Waals surface area contributed by atoms with Gasteiger partial charge in [-0.05, 0) is 24.3 Å². The van der Waals surface area contributed by atoms with Crippen molar-refractivity contribution in [2.24, 2.45) is 0 Å². The zero-order valence-corrected chi connectivity index (χ0v) is 15.9. The normalized spacial score (nSPS) is 15.0. The minimum Gasteiger partial charge on any atom is -0.493 e. The third-order valence-electron chi connectivity index (χ3n) is 4.66. The van der Waals surface area contributed by atoms with Gasteiger partial charge in [0.15, 0.2) is 0 Å². The Morgan fingerprint density at radius 1 is 1.07 bits per heavy atom. The highest BCUT2D eigenvalue weighted by atomic mass is 32.1. The van der Waals surface area contributed by atoms with Crippen molar-refractivity contribution >= 4 is 27.5 Å². The molecule has 4 rings (SSSR count). The molecule has 0 aliphatic carbocycles. The Bertz CT molecular complexity index is 856. The molecule has 1 fully saturated rings. The fourth-order valence-electron chi connectivity index (χ4n) is 3.20. The van der Waals surface area contributed by atoms with Crippen molar-refractivity contribution in [1.82, 2.24) is 9.88 Å². The number of rotatable bonds is 6. The molecule has 0 radical (unpaired) electrons. The van der Waals surface area contributed by atoms with Crippen molar-refractivity contribution in [3.05, 3.63) is 54.6 Å². The number of benzene rings is 2. The summed E-state index contributed by atoms with van der Waals surface area (Å²) in [6.45, 7) is 1.85. The van der Waals surface area contributed by atoms with Gasteiger partial charge in [-0.2, -0.15) is 0 Å². The number of amides is 1. The van der Waals surface area contributed by atoms with Crippen LogP contribution < -0.4 is 9.47 Å². The number of carbonyl (C=O) groups is 1. The standard InChI is InChI=1S/C21H22N2O3S/c24-20(12-15-25-16-6-2-1-3-7-16)23-13-10-17(11-14-23)26-21-22-18-8-4-5-9-19(18)27-21/h1-9,17H,10-15H2. The Morgan fingerprint density at radius 2 is 1.81 bits per heavy atom. The second-order valence-electron chi connectivity index (χ2n) is 6.56. The molecular formula is C21H22N2O3S. The maximum atomic E-state index is 12.4. The quantitative estimate of drug-likeness (QED) is 0.643. The van der Waals surface area contributed by atoms with Gasteiger partial charge in [0.2, 0.25) is 5.91 Å². The molecule has 0 atom stereocenters. The Balaban J connectivity index is 1.21. The number of thiazole rings is 1. The van der Waals surface area contributed by atoms with Crippen molar-refractivity contribution in [2.75, 3.05) is 19.7 Å². The van der Waals surface area contributed by atoms with Gasteiger partial charge in [0, 0.05) is 25.9 Å². The van der Waals surface area contributed by atoms with Crippen LogP contribution in [0.25, 0.3) is 10.2 Å². The molecule has 0 bridgehead atoms. The number of fused-ring (bicyclic) bond motifs is 1. The largest absolute Gasteiger partial charge is 0.493 e. The first-order chi connectivity index (χ1) is 13.3. The van der Waals surface area contributed by atoms with E-state index in [1.54, 1.807) is 11.3 Å². The van der Waals surface area contributed by atoms with Crippen molar-refractivity contribution < 1.29 is 14.3 Å². The molecule has 0 unspecified atom stereocenters. The monoisotopic (exact) mass is 382 g/mol. The minimum absolute atomic E-state index is 0.121. The molecule has 1 amide bonds. The van der Waals surface area contributed by atoms with Gasteiger partial charge in [-0.15, -0.1) is 0 Å². The molecular weight excluding hydrogens is 360 g/mol. The molecule has 0 N–H and O–H groups in total. The summed E-state index contributed by atoms with van der Waals surface area (Å²) in [6, 6.07) is 17.6. The lowest BCUT2D eigenvalue weighted by atomic mass is 10.1. The highest BCUT2D eigenvalue weighted by molar-refractivity contribution is 7.20. The maximum Gasteiger partial charge on any atom is 0.274 e. The maximum absolute atomic E-state index is 12.4. The summed E-state index contributed by atoms with van der Waals surface area (Å²) in [5, 5.41) is 0.720. The first kappa shape index (κ1) is 17.8. The highest BCUT2D eigenvalue weighted by Gasteiger charge is 2.24. The van der Waals surface area contributed by atoms with Crippen LogP contribution in [0, 0.1) is 0 Å². The summed E-state index contributed by atoms with van der Waals surface area (Å²) in [7, 11) is 0. The smallest absolute Gasteiger partial charge is 0.274 e. The lowest BCUT2D eigenvalue weighted by Crippen LogP contribution is -2.42. The summed E-state index contributed by atoms with van der Waals surface area (Å²) in [6.07, 6.45) is 2.19. The Morgan fingerprint density at radius 3 is 2.59 bits per heavy atom. The molecule has 0 spiro atoms. The van der Waals surface area contributed by atoms with Gasteiger partial charge < -0.3 is 14.4 Å². The van der Waals surface area contributed by atoms with Gasteiger partial charge in [-0.3, -0.25) is 4.79 Å². The van der Waals surface area contributed by atoms with E-state index >= 15 is 0 Å². The first-order valence-electron chi connectivity index (χ1n) is 9.26. The van der Waals surface area contributed by atoms with E-state index in [1.165, 1.54) is 0 Å². The highest BCUT2D eigenvalue weighted by Crippen LogP contribution is 2.29. The molecule has 1 aliphatic rings. The fraction of sp³-hybridized carbons (Fsp3) is 0.333. The van der Waals surface area contributed by atoms with E-state index in [1.807, 2.05) is 53.4 Å². The molecule has 1 saturated heterocycles. The predicted octanol–water partition coefficient (Wildman–Crippen LogP) is 4.14. The van der Waals surface area contributed by atoms with Crippen LogP contribution in [0.4, 0.5) is 0 Å². The lowest BCUT2D eigenvalue weighted by Gasteiger charge is -2.31. The molecule has 5 nitrogen and oxygen atoms in total. The van der Waals surface area contributed by atoms with E-state index in [-0.39, 0.29) is 12.0 Å². The van der Waals surface area contributed by atoms with Crippen LogP contribution in [-0.4, -0.2) is 41.6 Å². The van der Waals surface area contributed by atoms with Crippen molar-refractivity contribution in [1.29, 1.82) is 0 Å². The third-order valence-corrected chi connectivity index (χ3v) is 5.59. The van der Waals surface area contributed by atoms with Crippen LogP contribution in [-0.2, 0) is 4.79 Å². The van der Waals surface area contributed by atoms with Crippen LogP contribution >= 0.6 is 11.3 Å². The number of ether oxygens (including phenoxy) is 2. The van der Waals surface area contributed by atoms with Crippen LogP contribution in [0.1, 0.15) is 19.3 Å². The van der Waals surface area contributed by atoms with Crippen LogP contribution in [0.2, 0.25) is 0 Å². The molecule has 0 saturated carbocycles. The van der Waals surface area contributed by atoms with Gasteiger partial charge in [0.25, 0.3) is 5.19 Å². The second-order valence-corrected chi connectivity index (χ2v) is 7.55. The van der Waals surface area contributed by atoms with Crippen LogP contribution in [0.15, 0.2) is 54.6 Å². The SMILES string of the molecule is O=C(CCOc1ccccc1)N1CCC(Oc2nc3ccccc3s2)CC1. The number of piperidine rings is 1. The predicted molar refractivity (Wildman–Crippen MR) is 106 cm³/mol. The van der Waals surface area contributed by atoms with Crippen LogP contribution in [0.5, 0.6) is 10.9 Å². The van der Waals surface area contributed by atoms with E-state index in [2.05, 4.69) is 11.1 Å². The van der Waals surface area contributed by atoms with Crippen molar-refractivity contribution in [3.8, 4) is 10.9 Å². The lowest BCUT2D eigenvalue weighted by molar-refractivity contribution is -0.133. The van der Waals surface area contributed by atoms with Gasteiger partial charge in [0.1, 0.15) is 11.9 Å². The van der Waals surface area contributed by atoms with Crippen molar-refractivity contribution in [2.45, 2.75) is 25.4 Å². The third kappa shape index (κ3) is 4.57. The molecule has 27 heavy (non-hydrogen) atoms. The average molecular weight is 382 g/mol. The molecule has 3 aromatic rings. The van der Waals surface area contributed by atoms with Gasteiger partial charge in [-0.25, -0.2) is 4.98 Å². The van der Waals surface area contributed by atoms with E-state index < -0.39 is 0 Å². The zero-order chi connectivity index (χ0) is 18.5. The molecule has 6 heteroatoms. The average Bonchev–Trinajstić information content (AvgIpc) is 3.11. The van der Waals surface area contributed by atoms with E-state index in [9.17, 15) is 4.79 Å². The summed E-state index contributed by atoms with van der Waals surface area (Å²) >= 11 is 1.58. The number of para-hydroxylation sites is 2. The zero-order valence-electron chi connectivity index (χ0n) is 15.0. The van der Waals surface area contributed by atoms with Crippen LogP contribution in [0.3, 0.4) is 0 Å². The number of carbonyl (C=O) groups excluding carboxylic acids is 1. The number of nitrogens with zero attached hydrogens (tertiary/aromatic N) is 2. The molecule has 2 aromatic carbocycles. The van der Waals surface area contributed by atoms with Gasteiger partial charge >= 0.3 is 0 Å². The second kappa shape index (κ2) is 8.39. The summed E-state index contributed by atoms with van der Waals surface area (Å²) in [5.74, 6) is 0.942. The Hall–Kier alpha value is -2.60. The number of likely N-dealkylation sites (tertiary alicyclic amines) is 1. The number of hydrogen-bond donors (Lipinski definition) is 0. The fourth-order valence-corrected chi connectivity index (χ4v) is 4.08. The van der Waals surface area contributed by atoms with Crippen molar-refractivity contribution in [3.63, 3.8) is 0 Å². The van der Waals surface area contributed by atoms with Gasteiger partial charge in [-0.1, -0.05) is 41.7 Å². The molecule has 1 aliphatic heterocycles. The van der Waals surface area contributed by atoms with E-state index in [4.69, 9.17) is 9.47 Å². The number of aromatic nitrogens is 1. The Kier molecular flexibility index (Phi) is 5.53. The Labute approximate surface area is 162 Å². The molecule has 1 aromatic heterocycles. The molecule has 2 heterocycles. The van der Waals surface area contributed by atoms with E-state index in [0.29, 0.717) is 13.0 Å². The molecule has 140 valence electrons. The first-order valence-corrected chi connectivity index (χ1v) is 10.1. The summed E-state index contributed by atoms with van der Waals surface area (Å²) in [4.78, 5) is 18.8. The summed E-state index contributed by atoms with van der Waals surface area (Å²) in [5.41, 5.74) is 0.975. The van der Waals surface area contributed by atoms with E-state index in [0.717, 1.165) is 47.1 Å². The minimum atomic E-state index is 0.121. The number of hydrogen-bond acceptors (Lipinski definition) is 5.